The van der Waals surface area contributed by atoms with Crippen molar-refractivity contribution in [3.05, 3.63) is 56.4 Å². The lowest BCUT2D eigenvalue weighted by atomic mass is 10.1. The van der Waals surface area contributed by atoms with Crippen LogP contribution in [0, 0.1) is 13.8 Å². The molecule has 0 radical (unpaired) electrons. The predicted octanol–water partition coefficient (Wildman–Crippen LogP) is 0.579. The number of rotatable bonds is 3. The van der Waals surface area contributed by atoms with Crippen LogP contribution in [0.15, 0.2) is 38.8 Å². The number of piperazine rings is 1. The molecular weight excluding hydrogens is 356 g/mol. The standard InChI is InChI=1S/C17H22N4O4S/c1-11-4-6-14(7-5-11)21-9-8-20(10-12(21)2)26(24,25)15-13(3)18-17(23)19-16(15)22/h4-7,12H,8-10H2,1-3H3,(H2,18,19,22,23)/t12-/m1/s1. The second-order valence-corrected chi connectivity index (χ2v) is 8.48. The van der Waals surface area contributed by atoms with Crippen LogP contribution in [0.3, 0.4) is 0 Å². The minimum absolute atomic E-state index is 0.0485. The Labute approximate surface area is 151 Å². The highest BCUT2D eigenvalue weighted by molar-refractivity contribution is 7.89. The van der Waals surface area contributed by atoms with Crippen LogP contribution < -0.4 is 16.1 Å². The van der Waals surface area contributed by atoms with Crippen molar-refractivity contribution in [3.63, 3.8) is 0 Å². The summed E-state index contributed by atoms with van der Waals surface area (Å²) in [5.74, 6) is 0. The van der Waals surface area contributed by atoms with Crippen LogP contribution >= 0.6 is 0 Å². The number of nitrogens with one attached hydrogen (secondary N) is 2. The molecule has 2 aromatic rings. The minimum Gasteiger partial charge on any atom is -0.366 e. The molecule has 0 unspecified atom stereocenters. The van der Waals surface area contributed by atoms with Gasteiger partial charge >= 0.3 is 5.69 Å². The van der Waals surface area contributed by atoms with E-state index < -0.39 is 26.2 Å². The smallest absolute Gasteiger partial charge is 0.325 e. The molecule has 26 heavy (non-hydrogen) atoms. The lowest BCUT2D eigenvalue weighted by Crippen LogP contribution is -2.54. The molecule has 0 amide bonds. The molecule has 0 saturated carbocycles. The number of hydrogen-bond acceptors (Lipinski definition) is 5. The van der Waals surface area contributed by atoms with Crippen molar-refractivity contribution in [1.29, 1.82) is 0 Å². The molecule has 1 aromatic heterocycles. The quantitative estimate of drug-likeness (QED) is 0.813. The van der Waals surface area contributed by atoms with Gasteiger partial charge in [-0.25, -0.2) is 13.2 Å². The van der Waals surface area contributed by atoms with Crippen molar-refractivity contribution < 1.29 is 8.42 Å². The first kappa shape index (κ1) is 18.4. The Hall–Kier alpha value is -2.39. The Morgan fingerprint density at radius 1 is 1.04 bits per heavy atom. The van der Waals surface area contributed by atoms with Crippen LogP contribution in [-0.2, 0) is 10.0 Å². The topological polar surface area (TPSA) is 106 Å². The third-order valence-electron chi connectivity index (χ3n) is 4.63. The van der Waals surface area contributed by atoms with Gasteiger partial charge in [0.25, 0.3) is 5.56 Å². The Morgan fingerprint density at radius 3 is 2.27 bits per heavy atom. The molecule has 1 atom stereocenters. The summed E-state index contributed by atoms with van der Waals surface area (Å²) >= 11 is 0. The van der Waals surface area contributed by atoms with E-state index in [1.807, 2.05) is 43.1 Å². The van der Waals surface area contributed by atoms with Gasteiger partial charge in [0.2, 0.25) is 10.0 Å². The van der Waals surface area contributed by atoms with Crippen LogP contribution in [0.4, 0.5) is 5.69 Å². The monoisotopic (exact) mass is 378 g/mol. The number of H-pyrrole nitrogens is 2. The molecule has 1 aromatic carbocycles. The van der Waals surface area contributed by atoms with Gasteiger partial charge in [0.1, 0.15) is 0 Å². The second kappa shape index (κ2) is 6.73. The SMILES string of the molecule is Cc1ccc(N2CCN(S(=O)(=O)c3c(C)[nH]c(=O)[nH]c3=O)C[C@H]2C)cc1. The maximum atomic E-state index is 12.9. The molecule has 2 N–H and O–H groups in total. The highest BCUT2D eigenvalue weighted by Crippen LogP contribution is 2.24. The predicted molar refractivity (Wildman–Crippen MR) is 99.2 cm³/mol. The fraction of sp³-hybridized carbons (Fsp3) is 0.412. The first-order valence-electron chi connectivity index (χ1n) is 8.37. The van der Waals surface area contributed by atoms with Gasteiger partial charge in [-0.2, -0.15) is 4.31 Å². The zero-order chi connectivity index (χ0) is 19.1. The van der Waals surface area contributed by atoms with Crippen molar-refractivity contribution in [3.8, 4) is 0 Å². The summed E-state index contributed by atoms with van der Waals surface area (Å²) in [7, 11) is -3.99. The number of aromatic nitrogens is 2. The van der Waals surface area contributed by atoms with Crippen molar-refractivity contribution in [2.24, 2.45) is 0 Å². The maximum Gasteiger partial charge on any atom is 0.325 e. The molecule has 3 rings (SSSR count). The number of sulfonamides is 1. The van der Waals surface area contributed by atoms with E-state index in [9.17, 15) is 18.0 Å². The van der Waals surface area contributed by atoms with Crippen LogP contribution in [-0.4, -0.2) is 48.4 Å². The van der Waals surface area contributed by atoms with E-state index in [4.69, 9.17) is 0 Å². The minimum atomic E-state index is -3.99. The third-order valence-corrected chi connectivity index (χ3v) is 6.65. The first-order valence-corrected chi connectivity index (χ1v) is 9.81. The molecule has 0 bridgehead atoms. The van der Waals surface area contributed by atoms with Crippen molar-refractivity contribution >= 4 is 15.7 Å². The maximum absolute atomic E-state index is 12.9. The summed E-state index contributed by atoms with van der Waals surface area (Å²) in [5, 5.41) is 0. The van der Waals surface area contributed by atoms with Crippen molar-refractivity contribution in [2.45, 2.75) is 31.7 Å². The molecule has 8 nitrogen and oxygen atoms in total. The summed E-state index contributed by atoms with van der Waals surface area (Å²) < 4.78 is 27.2. The van der Waals surface area contributed by atoms with Gasteiger partial charge < -0.3 is 9.88 Å². The van der Waals surface area contributed by atoms with Crippen molar-refractivity contribution in [1.82, 2.24) is 14.3 Å². The molecule has 0 spiro atoms. The Balaban J connectivity index is 1.87. The molecule has 9 heteroatoms. The summed E-state index contributed by atoms with van der Waals surface area (Å²) in [6.07, 6.45) is 0. The van der Waals surface area contributed by atoms with E-state index in [0.717, 1.165) is 11.3 Å². The summed E-state index contributed by atoms with van der Waals surface area (Å²) in [6, 6.07) is 8.03. The molecular formula is C17H22N4O4S. The van der Waals surface area contributed by atoms with Gasteiger partial charge in [0.05, 0.1) is 0 Å². The highest BCUT2D eigenvalue weighted by atomic mass is 32.2. The number of aromatic amines is 2. The molecule has 0 aliphatic carbocycles. The fourth-order valence-electron chi connectivity index (χ4n) is 3.29. The Bertz CT molecular complexity index is 1020. The van der Waals surface area contributed by atoms with Crippen LogP contribution in [0.5, 0.6) is 0 Å². The summed E-state index contributed by atoms with van der Waals surface area (Å²) in [6.45, 7) is 6.42. The van der Waals surface area contributed by atoms with E-state index in [2.05, 4.69) is 9.88 Å². The van der Waals surface area contributed by atoms with Crippen molar-refractivity contribution in [2.75, 3.05) is 24.5 Å². The first-order chi connectivity index (χ1) is 12.2. The van der Waals surface area contributed by atoms with Gasteiger partial charge in [-0.05, 0) is 32.9 Å². The lowest BCUT2D eigenvalue weighted by Gasteiger charge is -2.40. The molecule has 2 heterocycles. The van der Waals surface area contributed by atoms with E-state index >= 15 is 0 Å². The fourth-order valence-corrected chi connectivity index (χ4v) is 5.01. The zero-order valence-electron chi connectivity index (χ0n) is 14.9. The van der Waals surface area contributed by atoms with Gasteiger partial charge in [-0.3, -0.25) is 9.78 Å². The normalized spacial score (nSPS) is 18.9. The number of hydrogen-bond donors (Lipinski definition) is 2. The number of aryl methyl sites for hydroxylation is 2. The molecule has 1 saturated heterocycles. The van der Waals surface area contributed by atoms with E-state index in [-0.39, 0.29) is 24.8 Å². The van der Waals surface area contributed by atoms with Crippen LogP contribution in [0.25, 0.3) is 0 Å². The third kappa shape index (κ3) is 3.32. The molecule has 1 aliphatic heterocycles. The zero-order valence-corrected chi connectivity index (χ0v) is 15.8. The highest BCUT2D eigenvalue weighted by Gasteiger charge is 2.35. The average Bonchev–Trinajstić information content (AvgIpc) is 2.54. The van der Waals surface area contributed by atoms with Gasteiger partial charge in [0.15, 0.2) is 4.90 Å². The molecule has 1 fully saturated rings. The van der Waals surface area contributed by atoms with Gasteiger partial charge in [-0.15, -0.1) is 0 Å². The van der Waals surface area contributed by atoms with Gasteiger partial charge in [0, 0.05) is 37.1 Å². The number of benzene rings is 1. The van der Waals surface area contributed by atoms with E-state index in [0.29, 0.717) is 6.54 Å². The number of anilines is 1. The summed E-state index contributed by atoms with van der Waals surface area (Å²) in [4.78, 5) is 29.5. The van der Waals surface area contributed by atoms with Crippen LogP contribution in [0.2, 0.25) is 0 Å². The van der Waals surface area contributed by atoms with Crippen LogP contribution in [0.1, 0.15) is 18.2 Å². The average molecular weight is 378 g/mol. The summed E-state index contributed by atoms with van der Waals surface area (Å²) in [5.41, 5.74) is 0.643. The van der Waals surface area contributed by atoms with E-state index in [1.165, 1.54) is 11.2 Å². The number of nitrogens with zero attached hydrogens (tertiary/aromatic N) is 2. The molecule has 140 valence electrons. The lowest BCUT2D eigenvalue weighted by molar-refractivity contribution is 0.342. The second-order valence-electron chi connectivity index (χ2n) is 6.60. The molecule has 1 aliphatic rings. The van der Waals surface area contributed by atoms with Gasteiger partial charge in [-0.1, -0.05) is 17.7 Å². The Kier molecular flexibility index (Phi) is 4.76. The Morgan fingerprint density at radius 2 is 1.69 bits per heavy atom. The van der Waals surface area contributed by atoms with E-state index in [1.54, 1.807) is 0 Å². The largest absolute Gasteiger partial charge is 0.366 e.